The lowest BCUT2D eigenvalue weighted by Crippen LogP contribution is -2.40. The van der Waals surface area contributed by atoms with Crippen molar-refractivity contribution in [2.24, 2.45) is 5.73 Å². The third-order valence-electron chi connectivity index (χ3n) is 2.83. The van der Waals surface area contributed by atoms with E-state index in [4.69, 9.17) is 5.73 Å². The number of hydrogen-bond acceptors (Lipinski definition) is 4. The smallest absolute Gasteiger partial charge is 0.255 e. The van der Waals surface area contributed by atoms with Crippen molar-refractivity contribution in [2.75, 3.05) is 6.54 Å². The molecule has 1 amide bonds. The van der Waals surface area contributed by atoms with Crippen LogP contribution in [-0.2, 0) is 0 Å². The van der Waals surface area contributed by atoms with E-state index in [2.05, 4.69) is 22.3 Å². The quantitative estimate of drug-likeness (QED) is 0.809. The molecule has 0 saturated heterocycles. The van der Waals surface area contributed by atoms with Crippen molar-refractivity contribution in [3.05, 3.63) is 30.4 Å². The topological polar surface area (TPSA) is 85.3 Å². The molecule has 0 bridgehead atoms. The molecule has 18 heavy (non-hydrogen) atoms. The molecule has 0 saturated carbocycles. The van der Waals surface area contributed by atoms with Crippen LogP contribution >= 0.6 is 0 Å². The second-order valence-electron chi connectivity index (χ2n) is 4.16. The molecule has 0 aromatic carbocycles. The molecule has 6 nitrogen and oxygen atoms in total. The van der Waals surface area contributed by atoms with Crippen LogP contribution in [0.2, 0.25) is 0 Å². The van der Waals surface area contributed by atoms with Crippen molar-refractivity contribution in [2.45, 2.75) is 25.8 Å². The summed E-state index contributed by atoms with van der Waals surface area (Å²) in [6.45, 7) is 2.51. The molecule has 96 valence electrons. The normalized spacial score (nSPS) is 12.6. The summed E-state index contributed by atoms with van der Waals surface area (Å²) in [5.41, 5.74) is 6.85. The summed E-state index contributed by atoms with van der Waals surface area (Å²) in [7, 11) is 0. The molecule has 0 radical (unpaired) electrons. The number of rotatable bonds is 5. The number of nitrogens with zero attached hydrogens (tertiary/aromatic N) is 3. The zero-order valence-corrected chi connectivity index (χ0v) is 10.3. The first-order valence-electron chi connectivity index (χ1n) is 6.04. The fraction of sp³-hybridized carbons (Fsp3) is 0.417. The van der Waals surface area contributed by atoms with Gasteiger partial charge in [-0.3, -0.25) is 9.78 Å². The minimum atomic E-state index is -0.151. The summed E-state index contributed by atoms with van der Waals surface area (Å²) in [5.74, 6) is -0.151. The van der Waals surface area contributed by atoms with E-state index in [1.54, 1.807) is 29.3 Å². The van der Waals surface area contributed by atoms with Gasteiger partial charge in [-0.1, -0.05) is 13.3 Å². The molecule has 2 heterocycles. The van der Waals surface area contributed by atoms with Crippen LogP contribution in [0.5, 0.6) is 0 Å². The number of carbonyl (C=O) groups is 1. The predicted octanol–water partition coefficient (Wildman–Crippen LogP) is 0.587. The van der Waals surface area contributed by atoms with E-state index in [0.29, 0.717) is 17.6 Å². The summed E-state index contributed by atoms with van der Waals surface area (Å²) in [5, 5.41) is 7.02. The van der Waals surface area contributed by atoms with Crippen molar-refractivity contribution in [1.29, 1.82) is 0 Å². The summed E-state index contributed by atoms with van der Waals surface area (Å²) >= 11 is 0. The number of nitrogens with one attached hydrogen (secondary N) is 1. The fourth-order valence-electron chi connectivity index (χ4n) is 1.87. The van der Waals surface area contributed by atoms with Crippen molar-refractivity contribution in [3.8, 4) is 0 Å². The first-order valence-corrected chi connectivity index (χ1v) is 6.04. The molecule has 0 aliphatic rings. The van der Waals surface area contributed by atoms with Crippen LogP contribution < -0.4 is 11.1 Å². The van der Waals surface area contributed by atoms with Gasteiger partial charge in [-0.2, -0.15) is 5.10 Å². The minimum Gasteiger partial charge on any atom is -0.348 e. The van der Waals surface area contributed by atoms with Gasteiger partial charge in [0.2, 0.25) is 0 Å². The molecular weight excluding hydrogens is 230 g/mol. The van der Waals surface area contributed by atoms with E-state index in [1.165, 1.54) is 0 Å². The van der Waals surface area contributed by atoms with Crippen LogP contribution in [0, 0.1) is 0 Å². The zero-order valence-electron chi connectivity index (χ0n) is 10.3. The van der Waals surface area contributed by atoms with Crippen molar-refractivity contribution in [1.82, 2.24) is 19.9 Å². The maximum absolute atomic E-state index is 12.1. The van der Waals surface area contributed by atoms with Gasteiger partial charge in [0.25, 0.3) is 5.91 Å². The van der Waals surface area contributed by atoms with E-state index in [9.17, 15) is 4.79 Å². The van der Waals surface area contributed by atoms with Crippen LogP contribution in [0.1, 0.15) is 30.1 Å². The Balaban J connectivity index is 2.18. The number of fused-ring (bicyclic) bond motifs is 1. The highest BCUT2D eigenvalue weighted by Gasteiger charge is 2.15. The highest BCUT2D eigenvalue weighted by atomic mass is 16.1. The summed E-state index contributed by atoms with van der Waals surface area (Å²) < 4.78 is 1.62. The molecule has 0 aliphatic heterocycles. The molecule has 0 aliphatic carbocycles. The molecule has 1 atom stereocenters. The predicted molar refractivity (Wildman–Crippen MR) is 68.2 cm³/mol. The summed E-state index contributed by atoms with van der Waals surface area (Å²) in [6.07, 6.45) is 8.36. The van der Waals surface area contributed by atoms with Crippen molar-refractivity contribution >= 4 is 11.4 Å². The monoisotopic (exact) mass is 247 g/mol. The highest BCUT2D eigenvalue weighted by molar-refractivity contribution is 6.00. The zero-order chi connectivity index (χ0) is 13.0. The average Bonchev–Trinajstić information content (AvgIpc) is 2.82. The molecular formula is C12H17N5O. The Bertz CT molecular complexity index is 536. The second kappa shape index (κ2) is 5.59. The molecule has 0 fully saturated rings. The Labute approximate surface area is 105 Å². The molecule has 2 aromatic rings. The molecule has 2 aromatic heterocycles. The van der Waals surface area contributed by atoms with Gasteiger partial charge >= 0.3 is 0 Å². The van der Waals surface area contributed by atoms with E-state index in [-0.39, 0.29) is 11.9 Å². The second-order valence-corrected chi connectivity index (χ2v) is 4.16. The lowest BCUT2D eigenvalue weighted by atomic mass is 10.1. The number of nitrogens with two attached hydrogens (primary N) is 1. The van der Waals surface area contributed by atoms with Crippen LogP contribution in [0.25, 0.3) is 5.52 Å². The SMILES string of the molecule is CCCC(CN)NC(=O)c1cnn2ccncc12. The Kier molecular flexibility index (Phi) is 3.88. The maximum Gasteiger partial charge on any atom is 0.255 e. The standard InChI is InChI=1S/C12H17N5O/c1-2-3-9(6-13)16-12(18)10-7-15-17-5-4-14-8-11(10)17/h4-5,7-9H,2-3,6,13H2,1H3,(H,16,18). The Morgan fingerprint density at radius 3 is 3.11 bits per heavy atom. The number of amides is 1. The third kappa shape index (κ3) is 2.48. The lowest BCUT2D eigenvalue weighted by Gasteiger charge is -2.15. The van der Waals surface area contributed by atoms with E-state index < -0.39 is 0 Å². The molecule has 3 N–H and O–H groups in total. The van der Waals surface area contributed by atoms with Crippen LogP contribution in [0.15, 0.2) is 24.8 Å². The molecule has 1 unspecified atom stereocenters. The van der Waals surface area contributed by atoms with Gasteiger partial charge in [0.15, 0.2) is 0 Å². The van der Waals surface area contributed by atoms with Crippen LogP contribution in [0.4, 0.5) is 0 Å². The van der Waals surface area contributed by atoms with Gasteiger partial charge in [-0.15, -0.1) is 0 Å². The Morgan fingerprint density at radius 2 is 2.39 bits per heavy atom. The van der Waals surface area contributed by atoms with Gasteiger partial charge in [0.05, 0.1) is 23.5 Å². The van der Waals surface area contributed by atoms with E-state index >= 15 is 0 Å². The van der Waals surface area contributed by atoms with Crippen molar-refractivity contribution in [3.63, 3.8) is 0 Å². The molecule has 2 rings (SSSR count). The van der Waals surface area contributed by atoms with Crippen molar-refractivity contribution < 1.29 is 4.79 Å². The Morgan fingerprint density at radius 1 is 1.56 bits per heavy atom. The van der Waals surface area contributed by atoms with E-state index in [0.717, 1.165) is 12.8 Å². The third-order valence-corrected chi connectivity index (χ3v) is 2.83. The van der Waals surface area contributed by atoms with Gasteiger partial charge in [-0.25, -0.2) is 4.52 Å². The first-order chi connectivity index (χ1) is 8.76. The summed E-state index contributed by atoms with van der Waals surface area (Å²) in [6, 6.07) is 0.00845. The van der Waals surface area contributed by atoms with Gasteiger partial charge < -0.3 is 11.1 Å². The number of hydrogen-bond donors (Lipinski definition) is 2. The van der Waals surface area contributed by atoms with Gasteiger partial charge in [0.1, 0.15) is 0 Å². The van der Waals surface area contributed by atoms with Gasteiger partial charge in [-0.05, 0) is 6.42 Å². The maximum atomic E-state index is 12.1. The summed E-state index contributed by atoms with van der Waals surface area (Å²) in [4.78, 5) is 16.1. The fourth-order valence-corrected chi connectivity index (χ4v) is 1.87. The molecule has 6 heteroatoms. The number of aromatic nitrogens is 3. The average molecular weight is 247 g/mol. The molecule has 0 spiro atoms. The lowest BCUT2D eigenvalue weighted by molar-refractivity contribution is 0.0938. The van der Waals surface area contributed by atoms with E-state index in [1.807, 2.05) is 0 Å². The van der Waals surface area contributed by atoms with Gasteiger partial charge in [0, 0.05) is 25.0 Å². The number of carbonyl (C=O) groups excluding carboxylic acids is 1. The highest BCUT2D eigenvalue weighted by Crippen LogP contribution is 2.09. The minimum absolute atomic E-state index is 0.00845. The largest absolute Gasteiger partial charge is 0.348 e. The van der Waals surface area contributed by atoms with Crippen LogP contribution in [0.3, 0.4) is 0 Å². The first kappa shape index (κ1) is 12.5. The Hall–Kier alpha value is -1.95. The van der Waals surface area contributed by atoms with Crippen LogP contribution in [-0.4, -0.2) is 33.1 Å².